The van der Waals surface area contributed by atoms with E-state index in [9.17, 15) is 0 Å². The largest absolute Gasteiger partial charge is 0.325 e. The molecule has 0 spiro atoms. The number of hydrogen-bond donors (Lipinski definition) is 2. The van der Waals surface area contributed by atoms with Gasteiger partial charge < -0.3 is 11.5 Å². The van der Waals surface area contributed by atoms with Gasteiger partial charge in [-0.3, -0.25) is 9.97 Å². The first-order valence-electron chi connectivity index (χ1n) is 8.97. The average Bonchev–Trinajstić information content (AvgIpc) is 2.67. The van der Waals surface area contributed by atoms with Crippen molar-refractivity contribution in [3.63, 3.8) is 0 Å². The Morgan fingerprint density at radius 3 is 1.92 bits per heavy atom. The summed E-state index contributed by atoms with van der Waals surface area (Å²) in [6.45, 7) is 9.64. The molecule has 0 radical (unpaired) electrons. The molecule has 0 unspecified atom stereocenters. The van der Waals surface area contributed by atoms with E-state index >= 15 is 0 Å². The molecule has 0 aliphatic heterocycles. The molecule has 2 rings (SSSR count). The fraction of sp³-hybridized carbons (Fsp3) is 0.500. The number of aromatic nitrogens is 2. The third kappa shape index (κ3) is 5.69. The molecule has 0 amide bonds. The van der Waals surface area contributed by atoms with Crippen molar-refractivity contribution in [3.8, 4) is 0 Å². The zero-order chi connectivity index (χ0) is 17.9. The molecule has 4 heteroatoms. The number of nitrogens with zero attached hydrogens (tertiary/aromatic N) is 2. The molecule has 4 nitrogen and oxygen atoms in total. The smallest absolute Gasteiger partial charge is 0.0574 e. The molecular formula is C20H32N4. The van der Waals surface area contributed by atoms with E-state index in [1.165, 1.54) is 16.7 Å². The Kier molecular flexibility index (Phi) is 9.20. The van der Waals surface area contributed by atoms with E-state index in [0.29, 0.717) is 13.1 Å². The number of aryl methyl sites for hydroxylation is 4. The van der Waals surface area contributed by atoms with Crippen LogP contribution < -0.4 is 11.5 Å². The van der Waals surface area contributed by atoms with Gasteiger partial charge >= 0.3 is 0 Å². The Morgan fingerprint density at radius 2 is 1.42 bits per heavy atom. The fourth-order valence-electron chi connectivity index (χ4n) is 2.60. The third-order valence-corrected chi connectivity index (χ3v) is 4.17. The molecule has 2 aromatic heterocycles. The van der Waals surface area contributed by atoms with Crippen LogP contribution in [0.4, 0.5) is 0 Å². The van der Waals surface area contributed by atoms with E-state index in [1.54, 1.807) is 0 Å². The Balaban J connectivity index is 0.000000240. The predicted molar refractivity (Wildman–Crippen MR) is 102 cm³/mol. The van der Waals surface area contributed by atoms with Gasteiger partial charge in [0.05, 0.1) is 11.4 Å². The van der Waals surface area contributed by atoms with Crippen molar-refractivity contribution in [2.75, 3.05) is 0 Å². The summed E-state index contributed by atoms with van der Waals surface area (Å²) in [4.78, 5) is 8.71. The second kappa shape index (κ2) is 10.9. The first kappa shape index (κ1) is 20.3. The molecule has 0 fully saturated rings. The van der Waals surface area contributed by atoms with Crippen LogP contribution in [-0.2, 0) is 38.8 Å². The van der Waals surface area contributed by atoms with E-state index in [1.807, 2.05) is 6.20 Å². The van der Waals surface area contributed by atoms with Crippen LogP contribution in [0.15, 0.2) is 24.4 Å². The standard InChI is InChI=1S/2C10H16N2/c1-3-8-5-10(6-11)12-7-9(8)4-2;1-3-8-5-6-9(4-2)12-10(8)7-11/h5,7H,3-4,6,11H2,1-2H3;5-6H,3-4,7,11H2,1-2H3. The topological polar surface area (TPSA) is 77.8 Å². The second-order valence-electron chi connectivity index (χ2n) is 5.68. The average molecular weight is 329 g/mol. The molecule has 2 heterocycles. The maximum atomic E-state index is 5.59. The highest BCUT2D eigenvalue weighted by atomic mass is 14.7. The first-order chi connectivity index (χ1) is 11.6. The zero-order valence-electron chi connectivity index (χ0n) is 15.6. The Hall–Kier alpha value is -1.78. The molecule has 2 aromatic rings. The monoisotopic (exact) mass is 328 g/mol. The van der Waals surface area contributed by atoms with Crippen LogP contribution >= 0.6 is 0 Å². The highest BCUT2D eigenvalue weighted by molar-refractivity contribution is 5.26. The zero-order valence-corrected chi connectivity index (χ0v) is 15.6. The summed E-state index contributed by atoms with van der Waals surface area (Å²) in [6.07, 6.45) is 6.07. The van der Waals surface area contributed by atoms with E-state index in [4.69, 9.17) is 11.5 Å². The maximum absolute atomic E-state index is 5.59. The normalized spacial score (nSPS) is 10.2. The number of nitrogens with two attached hydrogens (primary N) is 2. The minimum atomic E-state index is 0.539. The molecule has 0 bridgehead atoms. The van der Waals surface area contributed by atoms with Crippen LogP contribution in [0.5, 0.6) is 0 Å². The van der Waals surface area contributed by atoms with Gasteiger partial charge in [0.1, 0.15) is 0 Å². The molecule has 0 aromatic carbocycles. The molecule has 24 heavy (non-hydrogen) atoms. The molecule has 0 saturated heterocycles. The summed E-state index contributed by atoms with van der Waals surface area (Å²) < 4.78 is 0. The van der Waals surface area contributed by atoms with Crippen molar-refractivity contribution in [1.29, 1.82) is 0 Å². The molecule has 0 aliphatic rings. The van der Waals surface area contributed by atoms with Crippen molar-refractivity contribution in [3.05, 3.63) is 58.2 Å². The fourth-order valence-corrected chi connectivity index (χ4v) is 2.60. The number of rotatable bonds is 6. The van der Waals surface area contributed by atoms with Gasteiger partial charge in [0.15, 0.2) is 0 Å². The summed E-state index contributed by atoms with van der Waals surface area (Å²) in [7, 11) is 0. The van der Waals surface area contributed by atoms with Crippen molar-refractivity contribution in [1.82, 2.24) is 9.97 Å². The Labute approximate surface area is 146 Å². The van der Waals surface area contributed by atoms with E-state index < -0.39 is 0 Å². The van der Waals surface area contributed by atoms with Gasteiger partial charge in [-0.15, -0.1) is 0 Å². The lowest BCUT2D eigenvalue weighted by molar-refractivity contribution is 0.894. The lowest BCUT2D eigenvalue weighted by Gasteiger charge is -2.06. The van der Waals surface area contributed by atoms with Gasteiger partial charge in [-0.25, -0.2) is 0 Å². The molecule has 0 saturated carbocycles. The Morgan fingerprint density at radius 1 is 0.750 bits per heavy atom. The van der Waals surface area contributed by atoms with Crippen molar-refractivity contribution in [2.24, 2.45) is 11.5 Å². The number of pyridine rings is 2. The number of hydrogen-bond acceptors (Lipinski definition) is 4. The molecule has 0 atom stereocenters. The van der Waals surface area contributed by atoms with Crippen molar-refractivity contribution >= 4 is 0 Å². The summed E-state index contributed by atoms with van der Waals surface area (Å²) in [5, 5.41) is 0. The van der Waals surface area contributed by atoms with E-state index in [2.05, 4.69) is 55.9 Å². The van der Waals surface area contributed by atoms with Crippen molar-refractivity contribution < 1.29 is 0 Å². The maximum Gasteiger partial charge on any atom is 0.0574 e. The minimum absolute atomic E-state index is 0.539. The summed E-state index contributed by atoms with van der Waals surface area (Å²) in [5.74, 6) is 0. The minimum Gasteiger partial charge on any atom is -0.325 e. The van der Waals surface area contributed by atoms with Crippen LogP contribution in [0.3, 0.4) is 0 Å². The van der Waals surface area contributed by atoms with E-state index in [-0.39, 0.29) is 0 Å². The van der Waals surface area contributed by atoms with Gasteiger partial charge in [-0.05, 0) is 54.5 Å². The highest BCUT2D eigenvalue weighted by Crippen LogP contribution is 2.10. The lowest BCUT2D eigenvalue weighted by Crippen LogP contribution is -2.05. The van der Waals surface area contributed by atoms with Crippen LogP contribution in [-0.4, -0.2) is 9.97 Å². The van der Waals surface area contributed by atoms with E-state index in [0.717, 1.165) is 42.8 Å². The highest BCUT2D eigenvalue weighted by Gasteiger charge is 2.01. The van der Waals surface area contributed by atoms with Crippen molar-refractivity contribution in [2.45, 2.75) is 66.5 Å². The Bertz CT molecular complexity index is 568. The van der Waals surface area contributed by atoms with Gasteiger partial charge in [-0.2, -0.15) is 0 Å². The second-order valence-corrected chi connectivity index (χ2v) is 5.68. The van der Waals surface area contributed by atoms with Crippen LogP contribution in [0.25, 0.3) is 0 Å². The van der Waals surface area contributed by atoms with Gasteiger partial charge in [0, 0.05) is 25.0 Å². The predicted octanol–water partition coefficient (Wildman–Crippen LogP) is 3.33. The molecular weight excluding hydrogens is 296 g/mol. The van der Waals surface area contributed by atoms with Crippen LogP contribution in [0.2, 0.25) is 0 Å². The summed E-state index contributed by atoms with van der Waals surface area (Å²) in [5.41, 5.74) is 18.3. The molecule has 4 N–H and O–H groups in total. The molecule has 132 valence electrons. The van der Waals surface area contributed by atoms with Gasteiger partial charge in [0.2, 0.25) is 0 Å². The quantitative estimate of drug-likeness (QED) is 0.852. The summed E-state index contributed by atoms with van der Waals surface area (Å²) >= 11 is 0. The summed E-state index contributed by atoms with van der Waals surface area (Å²) in [6, 6.07) is 6.32. The van der Waals surface area contributed by atoms with Crippen LogP contribution in [0.1, 0.15) is 61.5 Å². The SMILES string of the molecule is CCc1ccc(CC)c(CN)n1.CCc1cnc(CN)cc1CC. The van der Waals surface area contributed by atoms with Gasteiger partial charge in [-0.1, -0.05) is 33.8 Å². The van der Waals surface area contributed by atoms with Crippen LogP contribution in [0, 0.1) is 0 Å². The third-order valence-electron chi connectivity index (χ3n) is 4.17. The molecule has 0 aliphatic carbocycles. The lowest BCUT2D eigenvalue weighted by atomic mass is 10.0. The first-order valence-corrected chi connectivity index (χ1v) is 8.97. The van der Waals surface area contributed by atoms with Gasteiger partial charge in [0.25, 0.3) is 0 Å².